The smallest absolute Gasteiger partial charge is 0.262 e. The fourth-order valence-corrected chi connectivity index (χ4v) is 4.56. The van der Waals surface area contributed by atoms with Gasteiger partial charge in [0.05, 0.1) is 28.0 Å². The molecule has 0 saturated heterocycles. The fraction of sp³-hybridized carbons (Fsp3) is 0.444. The molecule has 2 aromatic carbocycles. The average molecular weight is 678 g/mol. The maximum atomic E-state index is 12.9. The predicted molar refractivity (Wildman–Crippen MR) is 160 cm³/mol. The summed E-state index contributed by atoms with van der Waals surface area (Å²) in [6, 6.07) is 7.61. The largest absolute Gasteiger partial charge is 0.490 e. The molecule has 0 spiro atoms. The number of carbonyl (C=O) groups is 2. The fourth-order valence-electron chi connectivity index (χ4n) is 3.32. The molecule has 0 saturated carbocycles. The Hall–Kier alpha value is -2.24. The van der Waals surface area contributed by atoms with Gasteiger partial charge in [0.2, 0.25) is 0 Å². The van der Waals surface area contributed by atoms with Crippen LogP contribution in [0.15, 0.2) is 35.4 Å². The highest BCUT2D eigenvalue weighted by Crippen LogP contribution is 2.34. The van der Waals surface area contributed by atoms with E-state index in [2.05, 4.69) is 38.4 Å². The average Bonchev–Trinajstić information content (AvgIpc) is 2.84. The van der Waals surface area contributed by atoms with Crippen LogP contribution in [0.5, 0.6) is 17.2 Å². The van der Waals surface area contributed by atoms with Gasteiger partial charge >= 0.3 is 0 Å². The second-order valence-electron chi connectivity index (χ2n) is 8.87. The van der Waals surface area contributed by atoms with Crippen LogP contribution in [0, 0.1) is 9.49 Å². The molecule has 208 valence electrons. The second kappa shape index (κ2) is 16.0. The SMILES string of the molecule is CCCOc1c(I)cc(/C=N\NC(=O)[C@H](CC(C)C)NC(=O)[C@@H](C)Oc2ccc(Cl)cc2Cl)cc1OCC. The Bertz CT molecular complexity index is 1130. The highest BCUT2D eigenvalue weighted by Gasteiger charge is 2.25. The number of hydrazone groups is 1. The van der Waals surface area contributed by atoms with Crippen molar-refractivity contribution in [1.82, 2.24) is 10.7 Å². The molecule has 0 aromatic heterocycles. The number of ether oxygens (including phenoxy) is 3. The number of amides is 2. The standard InChI is InChI=1S/C27H34Cl2IN3O5/c1-6-10-37-25-21(30)12-18(13-24(25)36-7-2)15-31-33-27(35)22(11-16(3)4)32-26(34)17(5)38-23-9-8-19(28)14-20(23)29/h8-9,12-17,22H,6-7,10-11H2,1-5H3,(H,32,34)(H,33,35)/b31-15-/t17-,22+/m1/s1. The van der Waals surface area contributed by atoms with Crippen LogP contribution >= 0.6 is 45.8 Å². The molecule has 2 rings (SSSR count). The van der Waals surface area contributed by atoms with Gasteiger partial charge in [0.15, 0.2) is 17.6 Å². The van der Waals surface area contributed by atoms with Crippen LogP contribution in [-0.2, 0) is 9.59 Å². The maximum absolute atomic E-state index is 12.9. The van der Waals surface area contributed by atoms with E-state index in [9.17, 15) is 9.59 Å². The zero-order valence-corrected chi connectivity index (χ0v) is 25.8. The van der Waals surface area contributed by atoms with Gasteiger partial charge in [-0.25, -0.2) is 5.43 Å². The maximum Gasteiger partial charge on any atom is 0.262 e. The normalized spacial score (nSPS) is 12.8. The number of benzene rings is 2. The molecule has 0 bridgehead atoms. The quantitative estimate of drug-likeness (QED) is 0.140. The number of nitrogens with one attached hydrogen (secondary N) is 2. The molecular weight excluding hydrogens is 644 g/mol. The molecule has 2 N–H and O–H groups in total. The Morgan fingerprint density at radius 2 is 1.79 bits per heavy atom. The van der Waals surface area contributed by atoms with E-state index in [4.69, 9.17) is 37.4 Å². The number of rotatable bonds is 14. The molecule has 0 aliphatic carbocycles. The third-order valence-corrected chi connectivity index (χ3v) is 6.41. The summed E-state index contributed by atoms with van der Waals surface area (Å²) in [4.78, 5) is 25.7. The summed E-state index contributed by atoms with van der Waals surface area (Å²) in [5.74, 6) is 0.858. The first-order valence-corrected chi connectivity index (χ1v) is 14.2. The first-order chi connectivity index (χ1) is 18.0. The Kier molecular flexibility index (Phi) is 13.5. The highest BCUT2D eigenvalue weighted by atomic mass is 127. The zero-order valence-electron chi connectivity index (χ0n) is 22.1. The summed E-state index contributed by atoms with van der Waals surface area (Å²) in [7, 11) is 0. The molecule has 11 heteroatoms. The third kappa shape index (κ3) is 10.1. The summed E-state index contributed by atoms with van der Waals surface area (Å²) in [5.41, 5.74) is 3.26. The van der Waals surface area contributed by atoms with E-state index in [1.54, 1.807) is 25.1 Å². The van der Waals surface area contributed by atoms with E-state index in [0.29, 0.717) is 41.9 Å². The van der Waals surface area contributed by atoms with Crippen molar-refractivity contribution in [2.75, 3.05) is 13.2 Å². The molecule has 0 radical (unpaired) electrons. The third-order valence-electron chi connectivity index (χ3n) is 5.08. The number of halogens is 3. The first kappa shape index (κ1) is 32.0. The summed E-state index contributed by atoms with van der Waals surface area (Å²) < 4.78 is 18.1. The lowest BCUT2D eigenvalue weighted by atomic mass is 10.0. The monoisotopic (exact) mass is 677 g/mol. The lowest BCUT2D eigenvalue weighted by molar-refractivity contribution is -0.132. The van der Waals surface area contributed by atoms with Crippen molar-refractivity contribution >= 4 is 63.8 Å². The highest BCUT2D eigenvalue weighted by molar-refractivity contribution is 14.1. The number of carbonyl (C=O) groups excluding carboxylic acids is 2. The van der Waals surface area contributed by atoms with E-state index >= 15 is 0 Å². The van der Waals surface area contributed by atoms with Gasteiger partial charge in [-0.3, -0.25) is 9.59 Å². The van der Waals surface area contributed by atoms with Crippen molar-refractivity contribution < 1.29 is 23.8 Å². The minimum atomic E-state index is -0.896. The van der Waals surface area contributed by atoms with Gasteiger partial charge in [-0.05, 0) is 91.1 Å². The lowest BCUT2D eigenvalue weighted by Crippen LogP contribution is -2.49. The predicted octanol–water partition coefficient (Wildman–Crippen LogP) is 6.23. The van der Waals surface area contributed by atoms with Gasteiger partial charge in [0, 0.05) is 5.02 Å². The molecule has 8 nitrogen and oxygen atoms in total. The minimum Gasteiger partial charge on any atom is -0.490 e. The lowest BCUT2D eigenvalue weighted by Gasteiger charge is -2.22. The number of hydrogen-bond acceptors (Lipinski definition) is 6. The Morgan fingerprint density at radius 1 is 1.05 bits per heavy atom. The van der Waals surface area contributed by atoms with Crippen LogP contribution in [0.25, 0.3) is 0 Å². The Morgan fingerprint density at radius 3 is 2.42 bits per heavy atom. The summed E-state index contributed by atoms with van der Waals surface area (Å²) >= 11 is 14.2. The molecule has 2 atom stereocenters. The molecule has 0 fully saturated rings. The van der Waals surface area contributed by atoms with Crippen molar-refractivity contribution in [3.8, 4) is 17.2 Å². The molecule has 2 amide bonds. The van der Waals surface area contributed by atoms with Crippen LogP contribution in [0.4, 0.5) is 0 Å². The van der Waals surface area contributed by atoms with Gasteiger partial charge in [0.25, 0.3) is 11.8 Å². The second-order valence-corrected chi connectivity index (χ2v) is 10.9. The van der Waals surface area contributed by atoms with Crippen molar-refractivity contribution in [3.63, 3.8) is 0 Å². The van der Waals surface area contributed by atoms with Crippen LogP contribution in [0.3, 0.4) is 0 Å². The van der Waals surface area contributed by atoms with E-state index in [1.165, 1.54) is 12.3 Å². The van der Waals surface area contributed by atoms with Gasteiger partial charge in [-0.15, -0.1) is 0 Å². The number of nitrogens with zero attached hydrogens (tertiary/aromatic N) is 1. The van der Waals surface area contributed by atoms with Crippen LogP contribution < -0.4 is 25.0 Å². The molecule has 38 heavy (non-hydrogen) atoms. The number of hydrogen-bond donors (Lipinski definition) is 2. The van der Waals surface area contributed by atoms with Gasteiger partial charge in [-0.1, -0.05) is 44.0 Å². The Labute approximate surface area is 247 Å². The van der Waals surface area contributed by atoms with Crippen LogP contribution in [0.1, 0.15) is 53.0 Å². The molecule has 2 aromatic rings. The van der Waals surface area contributed by atoms with Crippen molar-refractivity contribution in [2.24, 2.45) is 11.0 Å². The molecule has 0 heterocycles. The van der Waals surface area contributed by atoms with Crippen LogP contribution in [0.2, 0.25) is 10.0 Å². The minimum absolute atomic E-state index is 0.142. The van der Waals surface area contributed by atoms with E-state index in [0.717, 1.165) is 15.6 Å². The first-order valence-electron chi connectivity index (χ1n) is 12.4. The van der Waals surface area contributed by atoms with E-state index < -0.39 is 24.0 Å². The van der Waals surface area contributed by atoms with Gasteiger partial charge in [0.1, 0.15) is 11.8 Å². The van der Waals surface area contributed by atoms with E-state index in [1.807, 2.05) is 33.8 Å². The molecule has 0 aliphatic rings. The summed E-state index contributed by atoms with van der Waals surface area (Å²) in [6.45, 7) is 10.5. The summed E-state index contributed by atoms with van der Waals surface area (Å²) in [5, 5.41) is 7.60. The zero-order chi connectivity index (χ0) is 28.2. The van der Waals surface area contributed by atoms with Gasteiger partial charge in [-0.2, -0.15) is 5.10 Å². The summed E-state index contributed by atoms with van der Waals surface area (Å²) in [6.07, 6.45) is 1.92. The van der Waals surface area contributed by atoms with Crippen molar-refractivity contribution in [1.29, 1.82) is 0 Å². The topological polar surface area (TPSA) is 98.2 Å². The van der Waals surface area contributed by atoms with Crippen molar-refractivity contribution in [2.45, 2.75) is 59.6 Å². The van der Waals surface area contributed by atoms with Crippen molar-refractivity contribution in [3.05, 3.63) is 49.5 Å². The van der Waals surface area contributed by atoms with Gasteiger partial charge < -0.3 is 19.5 Å². The molecule has 0 aliphatic heterocycles. The van der Waals surface area contributed by atoms with E-state index in [-0.39, 0.29) is 10.9 Å². The molecule has 0 unspecified atom stereocenters. The Balaban J connectivity index is 2.08. The molecular formula is C27H34Cl2IN3O5. The van der Waals surface area contributed by atoms with Crippen LogP contribution in [-0.4, -0.2) is 43.4 Å².